The Morgan fingerprint density at radius 1 is 1.11 bits per heavy atom. The molecule has 0 N–H and O–H groups in total. The highest BCUT2D eigenvalue weighted by Crippen LogP contribution is 2.44. The fraction of sp³-hybridized carbons (Fsp3) is 0.182. The van der Waals surface area contributed by atoms with E-state index in [4.69, 9.17) is 0 Å². The minimum Gasteiger partial charge on any atom is -0.322 e. The van der Waals surface area contributed by atoms with Gasteiger partial charge in [-0.1, -0.05) is 6.58 Å². The summed E-state index contributed by atoms with van der Waals surface area (Å²) in [7, 11) is 3.89. The average molecular weight is 503 g/mol. The first-order valence-electron chi connectivity index (χ1n) is 4.93. The van der Waals surface area contributed by atoms with Gasteiger partial charge in [-0.3, -0.25) is 0 Å². The number of rotatable bonds is 2. The summed E-state index contributed by atoms with van der Waals surface area (Å²) in [5, 5.41) is 0. The van der Waals surface area contributed by atoms with E-state index in [0.29, 0.717) is 0 Å². The molecule has 0 radical (unpaired) electrons. The van der Waals surface area contributed by atoms with Crippen LogP contribution in [0.1, 0.15) is 0 Å². The zero-order valence-corrected chi connectivity index (χ0v) is 16.0. The average Bonchev–Trinajstić information content (AvgIpc) is 2.71. The highest BCUT2D eigenvalue weighted by atomic mass is 79.9. The summed E-state index contributed by atoms with van der Waals surface area (Å²) >= 11 is 14.2. The molecule has 96 valence electrons. The van der Waals surface area contributed by atoms with Crippen LogP contribution in [0, 0.1) is 0 Å². The first kappa shape index (κ1) is 14.6. The van der Waals surface area contributed by atoms with Gasteiger partial charge in [-0.2, -0.15) is 0 Å². The molecule has 7 heteroatoms. The van der Waals surface area contributed by atoms with Crippen molar-refractivity contribution in [3.8, 4) is 0 Å². The van der Waals surface area contributed by atoms with Gasteiger partial charge in [-0.15, -0.1) is 0 Å². The summed E-state index contributed by atoms with van der Waals surface area (Å²) < 4.78 is 5.80. The normalized spacial score (nSPS) is 11.0. The van der Waals surface area contributed by atoms with Gasteiger partial charge in [0.05, 0.1) is 14.5 Å². The number of nitrogens with zero attached hydrogens (tertiary/aromatic N) is 3. The Balaban J connectivity index is 2.93. The van der Waals surface area contributed by atoms with Gasteiger partial charge in [-0.25, -0.2) is 4.98 Å². The Morgan fingerprint density at radius 2 is 1.67 bits per heavy atom. The molecular formula is C11H9Br4N3. The molecular weight excluding hydrogens is 494 g/mol. The molecule has 2 rings (SSSR count). The second-order valence-electron chi connectivity index (χ2n) is 3.72. The summed E-state index contributed by atoms with van der Waals surface area (Å²) in [5.74, 6) is 0.825. The van der Waals surface area contributed by atoms with Crippen molar-refractivity contribution in [2.24, 2.45) is 7.05 Å². The third-order valence-electron chi connectivity index (χ3n) is 2.65. The molecule has 2 aromatic rings. The van der Waals surface area contributed by atoms with Crippen LogP contribution >= 0.6 is 63.7 Å². The van der Waals surface area contributed by atoms with Crippen molar-refractivity contribution in [2.45, 2.75) is 0 Å². The number of hydrogen-bond acceptors (Lipinski definition) is 2. The van der Waals surface area contributed by atoms with Crippen molar-refractivity contribution in [3.05, 3.63) is 30.7 Å². The zero-order chi connectivity index (χ0) is 13.6. The standard InChI is InChI=1S/C11H9Br4N3/c1-4-17(2)11-16-9-7(14)5(12)6(13)8(15)10(9)18(11)3/h4H,1H2,2-3H3. The lowest BCUT2D eigenvalue weighted by atomic mass is 10.3. The lowest BCUT2D eigenvalue weighted by molar-refractivity contribution is 0.906. The Morgan fingerprint density at radius 3 is 2.22 bits per heavy atom. The molecule has 0 saturated heterocycles. The largest absolute Gasteiger partial charge is 0.322 e. The van der Waals surface area contributed by atoms with Crippen molar-refractivity contribution in [3.63, 3.8) is 0 Å². The Labute approximate surface area is 139 Å². The molecule has 1 aromatic carbocycles. The maximum absolute atomic E-state index is 4.64. The number of fused-ring (bicyclic) bond motifs is 1. The highest BCUT2D eigenvalue weighted by molar-refractivity contribution is 9.15. The van der Waals surface area contributed by atoms with Gasteiger partial charge in [0, 0.05) is 23.0 Å². The predicted octanol–water partition coefficient (Wildman–Crippen LogP) is 5.20. The van der Waals surface area contributed by atoms with Gasteiger partial charge in [-0.05, 0) is 69.9 Å². The summed E-state index contributed by atoms with van der Waals surface area (Å²) in [6, 6.07) is 0. The van der Waals surface area contributed by atoms with Crippen molar-refractivity contribution in [1.82, 2.24) is 9.55 Å². The molecule has 0 saturated carbocycles. The van der Waals surface area contributed by atoms with Crippen molar-refractivity contribution < 1.29 is 0 Å². The Kier molecular flexibility index (Phi) is 4.26. The molecule has 0 aliphatic rings. The smallest absolute Gasteiger partial charge is 0.210 e. The molecule has 1 aromatic heterocycles. The zero-order valence-electron chi connectivity index (χ0n) is 9.64. The van der Waals surface area contributed by atoms with Gasteiger partial charge < -0.3 is 9.47 Å². The van der Waals surface area contributed by atoms with Gasteiger partial charge in [0.25, 0.3) is 0 Å². The minimum absolute atomic E-state index is 0.825. The van der Waals surface area contributed by atoms with E-state index in [1.165, 1.54) is 0 Å². The van der Waals surface area contributed by atoms with E-state index in [2.05, 4.69) is 75.3 Å². The molecule has 0 aliphatic carbocycles. The highest BCUT2D eigenvalue weighted by Gasteiger charge is 2.20. The molecule has 1 heterocycles. The van der Waals surface area contributed by atoms with E-state index in [1.54, 1.807) is 6.20 Å². The van der Waals surface area contributed by atoms with Crippen LogP contribution in [0.2, 0.25) is 0 Å². The second-order valence-corrected chi connectivity index (χ2v) is 6.89. The van der Waals surface area contributed by atoms with Crippen molar-refractivity contribution in [2.75, 3.05) is 11.9 Å². The predicted molar refractivity (Wildman–Crippen MR) is 90.1 cm³/mol. The third kappa shape index (κ3) is 2.09. The summed E-state index contributed by atoms with van der Waals surface area (Å²) in [4.78, 5) is 6.51. The Bertz CT molecular complexity index is 648. The van der Waals surface area contributed by atoms with Crippen LogP contribution in [0.3, 0.4) is 0 Å². The number of anilines is 1. The molecule has 0 aliphatic heterocycles. The number of benzene rings is 1. The summed E-state index contributed by atoms with van der Waals surface area (Å²) in [6.45, 7) is 3.76. The van der Waals surface area contributed by atoms with Gasteiger partial charge in [0.1, 0.15) is 5.52 Å². The molecule has 0 bridgehead atoms. The van der Waals surface area contributed by atoms with E-state index in [0.717, 1.165) is 34.9 Å². The maximum Gasteiger partial charge on any atom is 0.210 e. The van der Waals surface area contributed by atoms with Crippen LogP contribution in [-0.4, -0.2) is 16.6 Å². The van der Waals surface area contributed by atoms with Gasteiger partial charge in [0.2, 0.25) is 5.95 Å². The van der Waals surface area contributed by atoms with E-state index in [-0.39, 0.29) is 0 Å². The number of halogens is 4. The van der Waals surface area contributed by atoms with Crippen LogP contribution in [0.5, 0.6) is 0 Å². The fourth-order valence-electron chi connectivity index (χ4n) is 1.69. The number of aromatic nitrogens is 2. The van der Waals surface area contributed by atoms with Crippen LogP contribution in [0.15, 0.2) is 30.7 Å². The SMILES string of the molecule is C=CN(C)c1nc2c(Br)c(Br)c(Br)c(Br)c2n1C. The molecule has 18 heavy (non-hydrogen) atoms. The first-order chi connectivity index (χ1) is 8.40. The van der Waals surface area contributed by atoms with E-state index in [1.807, 2.05) is 23.6 Å². The number of aryl methyl sites for hydroxylation is 1. The maximum atomic E-state index is 4.64. The first-order valence-corrected chi connectivity index (χ1v) is 8.11. The second kappa shape index (κ2) is 5.26. The van der Waals surface area contributed by atoms with Crippen LogP contribution in [-0.2, 0) is 7.05 Å². The molecule has 0 fully saturated rings. The van der Waals surface area contributed by atoms with Crippen LogP contribution in [0.25, 0.3) is 11.0 Å². The number of imidazole rings is 1. The van der Waals surface area contributed by atoms with E-state index >= 15 is 0 Å². The third-order valence-corrected chi connectivity index (χ3v) is 7.38. The van der Waals surface area contributed by atoms with E-state index in [9.17, 15) is 0 Å². The molecule has 0 atom stereocenters. The van der Waals surface area contributed by atoms with E-state index < -0.39 is 0 Å². The van der Waals surface area contributed by atoms with Gasteiger partial charge >= 0.3 is 0 Å². The molecule has 0 unspecified atom stereocenters. The number of hydrogen-bond donors (Lipinski definition) is 0. The van der Waals surface area contributed by atoms with Crippen LogP contribution in [0.4, 0.5) is 5.95 Å². The molecule has 0 amide bonds. The Hall–Kier alpha value is 0.150. The molecule has 0 spiro atoms. The lowest BCUT2D eigenvalue weighted by Gasteiger charge is -2.12. The van der Waals surface area contributed by atoms with Gasteiger partial charge in [0.15, 0.2) is 0 Å². The summed E-state index contributed by atoms with van der Waals surface area (Å²) in [5.41, 5.74) is 1.91. The van der Waals surface area contributed by atoms with Crippen LogP contribution < -0.4 is 4.90 Å². The minimum atomic E-state index is 0.825. The lowest BCUT2D eigenvalue weighted by Crippen LogP contribution is -2.12. The molecule has 3 nitrogen and oxygen atoms in total. The van der Waals surface area contributed by atoms with Crippen molar-refractivity contribution >= 4 is 80.7 Å². The van der Waals surface area contributed by atoms with Crippen molar-refractivity contribution in [1.29, 1.82) is 0 Å². The quantitative estimate of drug-likeness (QED) is 0.416. The fourth-order valence-corrected chi connectivity index (χ4v) is 4.12. The monoisotopic (exact) mass is 499 g/mol. The topological polar surface area (TPSA) is 21.1 Å². The summed E-state index contributed by atoms with van der Waals surface area (Å²) in [6.07, 6.45) is 1.73.